The van der Waals surface area contributed by atoms with Crippen LogP contribution >= 0.6 is 15.9 Å². The second kappa shape index (κ2) is 7.30. The third-order valence-electron chi connectivity index (χ3n) is 3.86. The lowest BCUT2D eigenvalue weighted by Crippen LogP contribution is -2.16. The highest BCUT2D eigenvalue weighted by molar-refractivity contribution is 9.10. The monoisotopic (exact) mass is 326 g/mol. The third kappa shape index (κ3) is 3.96. The molecule has 1 aromatic carbocycles. The number of hydrogen-bond acceptors (Lipinski definition) is 2. The van der Waals surface area contributed by atoms with Gasteiger partial charge in [-0.05, 0) is 58.8 Å². The molecule has 0 bridgehead atoms. The summed E-state index contributed by atoms with van der Waals surface area (Å²) < 4.78 is 6.58. The lowest BCUT2D eigenvalue weighted by molar-refractivity contribution is 0.0847. The highest BCUT2D eigenvalue weighted by Crippen LogP contribution is 2.36. The van der Waals surface area contributed by atoms with Gasteiger partial charge in [0, 0.05) is 0 Å². The second-order valence-corrected chi connectivity index (χ2v) is 6.24. The fraction of sp³-hybridized carbons (Fsp3) is 0.625. The SMILES string of the molecule is CCCOc1ccc(C(O)C2CCCCC2)cc1Br. The molecule has 106 valence electrons. The molecule has 2 nitrogen and oxygen atoms in total. The van der Waals surface area contributed by atoms with Gasteiger partial charge in [0.1, 0.15) is 5.75 Å². The smallest absolute Gasteiger partial charge is 0.133 e. The molecular weight excluding hydrogens is 304 g/mol. The molecule has 0 spiro atoms. The van der Waals surface area contributed by atoms with Crippen LogP contribution in [0.25, 0.3) is 0 Å². The number of aliphatic hydroxyl groups excluding tert-OH is 1. The van der Waals surface area contributed by atoms with E-state index in [1.165, 1.54) is 19.3 Å². The van der Waals surface area contributed by atoms with E-state index >= 15 is 0 Å². The molecule has 1 aliphatic rings. The molecule has 1 unspecified atom stereocenters. The van der Waals surface area contributed by atoms with Crippen molar-refractivity contribution in [2.24, 2.45) is 5.92 Å². The molecule has 1 saturated carbocycles. The molecule has 3 heteroatoms. The molecule has 1 atom stereocenters. The summed E-state index contributed by atoms with van der Waals surface area (Å²) in [6.07, 6.45) is 6.77. The lowest BCUT2D eigenvalue weighted by Gasteiger charge is -2.27. The van der Waals surface area contributed by atoms with Gasteiger partial charge in [0.15, 0.2) is 0 Å². The first-order chi connectivity index (χ1) is 9.22. The molecular formula is C16H23BrO2. The summed E-state index contributed by atoms with van der Waals surface area (Å²) in [6, 6.07) is 5.96. The standard InChI is InChI=1S/C16H23BrO2/c1-2-10-19-15-9-8-13(11-14(15)17)16(18)12-6-4-3-5-7-12/h8-9,11-12,16,18H,2-7,10H2,1H3. The number of ether oxygens (including phenoxy) is 1. The summed E-state index contributed by atoms with van der Waals surface area (Å²) in [5.41, 5.74) is 1.00. The van der Waals surface area contributed by atoms with Crippen molar-refractivity contribution in [3.63, 3.8) is 0 Å². The van der Waals surface area contributed by atoms with Crippen molar-refractivity contribution in [3.05, 3.63) is 28.2 Å². The average Bonchev–Trinajstić information content (AvgIpc) is 2.46. The van der Waals surface area contributed by atoms with Gasteiger partial charge in [-0.1, -0.05) is 32.3 Å². The summed E-state index contributed by atoms with van der Waals surface area (Å²) in [7, 11) is 0. The van der Waals surface area contributed by atoms with E-state index in [-0.39, 0.29) is 6.10 Å². The maximum absolute atomic E-state index is 10.5. The Balaban J connectivity index is 2.05. The Hall–Kier alpha value is -0.540. The predicted octanol–water partition coefficient (Wildman–Crippen LogP) is 4.85. The summed E-state index contributed by atoms with van der Waals surface area (Å²) in [6.45, 7) is 2.82. The molecule has 2 rings (SSSR count). The van der Waals surface area contributed by atoms with E-state index in [1.807, 2.05) is 18.2 Å². The van der Waals surface area contributed by atoms with E-state index in [2.05, 4.69) is 22.9 Å². The zero-order chi connectivity index (χ0) is 13.7. The fourth-order valence-corrected chi connectivity index (χ4v) is 3.26. The summed E-state index contributed by atoms with van der Waals surface area (Å²) in [5, 5.41) is 10.5. The van der Waals surface area contributed by atoms with Crippen LogP contribution in [0.15, 0.2) is 22.7 Å². The first-order valence-corrected chi connectivity index (χ1v) is 8.12. The molecule has 0 heterocycles. The molecule has 0 aliphatic heterocycles. The van der Waals surface area contributed by atoms with Gasteiger partial charge < -0.3 is 9.84 Å². The van der Waals surface area contributed by atoms with Crippen molar-refractivity contribution in [3.8, 4) is 5.75 Å². The normalized spacial score (nSPS) is 18.3. The predicted molar refractivity (Wildman–Crippen MR) is 81.5 cm³/mol. The van der Waals surface area contributed by atoms with Crippen molar-refractivity contribution >= 4 is 15.9 Å². The topological polar surface area (TPSA) is 29.5 Å². The van der Waals surface area contributed by atoms with Gasteiger partial charge in [-0.3, -0.25) is 0 Å². The van der Waals surface area contributed by atoms with Gasteiger partial charge in [0.05, 0.1) is 17.2 Å². The van der Waals surface area contributed by atoms with Crippen LogP contribution in [0.4, 0.5) is 0 Å². The van der Waals surface area contributed by atoms with Crippen LogP contribution in [0.2, 0.25) is 0 Å². The van der Waals surface area contributed by atoms with Gasteiger partial charge in [-0.25, -0.2) is 0 Å². The minimum atomic E-state index is -0.336. The Morgan fingerprint density at radius 3 is 2.68 bits per heavy atom. The Bertz CT molecular complexity index is 400. The van der Waals surface area contributed by atoms with E-state index in [9.17, 15) is 5.11 Å². The van der Waals surface area contributed by atoms with Crippen LogP contribution in [0.5, 0.6) is 5.75 Å². The van der Waals surface area contributed by atoms with E-state index in [1.54, 1.807) is 0 Å². The summed E-state index contributed by atoms with van der Waals surface area (Å²) in [5.74, 6) is 1.28. The second-order valence-electron chi connectivity index (χ2n) is 5.38. The van der Waals surface area contributed by atoms with E-state index in [0.29, 0.717) is 5.92 Å². The fourth-order valence-electron chi connectivity index (χ4n) is 2.75. The van der Waals surface area contributed by atoms with E-state index < -0.39 is 0 Å². The number of rotatable bonds is 5. The molecule has 1 N–H and O–H groups in total. The molecule has 1 fully saturated rings. The van der Waals surface area contributed by atoms with E-state index in [0.717, 1.165) is 41.7 Å². The van der Waals surface area contributed by atoms with Crippen molar-refractivity contribution < 1.29 is 9.84 Å². The average molecular weight is 327 g/mol. The van der Waals surface area contributed by atoms with Gasteiger partial charge in [0.25, 0.3) is 0 Å². The zero-order valence-corrected chi connectivity index (χ0v) is 13.2. The van der Waals surface area contributed by atoms with Crippen molar-refractivity contribution in [2.75, 3.05) is 6.61 Å². The number of benzene rings is 1. The number of aliphatic hydroxyl groups is 1. The van der Waals surface area contributed by atoms with Gasteiger partial charge in [0.2, 0.25) is 0 Å². The Labute approximate surface area is 124 Å². The molecule has 0 amide bonds. The van der Waals surface area contributed by atoms with Crippen LogP contribution in [-0.2, 0) is 0 Å². The number of hydrogen-bond donors (Lipinski definition) is 1. The Kier molecular flexibility index (Phi) is 5.71. The van der Waals surface area contributed by atoms with Gasteiger partial charge >= 0.3 is 0 Å². The quantitative estimate of drug-likeness (QED) is 0.837. The van der Waals surface area contributed by atoms with Gasteiger partial charge in [-0.15, -0.1) is 0 Å². The van der Waals surface area contributed by atoms with Crippen molar-refractivity contribution in [1.29, 1.82) is 0 Å². The molecule has 0 saturated heterocycles. The first-order valence-electron chi connectivity index (χ1n) is 7.32. The maximum atomic E-state index is 10.5. The molecule has 0 radical (unpaired) electrons. The number of halogens is 1. The van der Waals surface area contributed by atoms with Crippen LogP contribution < -0.4 is 4.74 Å². The van der Waals surface area contributed by atoms with Crippen LogP contribution in [0, 0.1) is 5.92 Å². The van der Waals surface area contributed by atoms with E-state index in [4.69, 9.17) is 4.74 Å². The Morgan fingerprint density at radius 2 is 2.05 bits per heavy atom. The van der Waals surface area contributed by atoms with Crippen LogP contribution in [0.1, 0.15) is 57.1 Å². The van der Waals surface area contributed by atoms with Crippen LogP contribution in [-0.4, -0.2) is 11.7 Å². The minimum absolute atomic E-state index is 0.336. The maximum Gasteiger partial charge on any atom is 0.133 e. The van der Waals surface area contributed by atoms with Crippen molar-refractivity contribution in [2.45, 2.75) is 51.6 Å². The molecule has 1 aromatic rings. The van der Waals surface area contributed by atoms with Gasteiger partial charge in [-0.2, -0.15) is 0 Å². The molecule has 1 aliphatic carbocycles. The summed E-state index contributed by atoms with van der Waals surface area (Å²) in [4.78, 5) is 0. The van der Waals surface area contributed by atoms with Crippen molar-refractivity contribution in [1.82, 2.24) is 0 Å². The Morgan fingerprint density at radius 1 is 1.32 bits per heavy atom. The lowest BCUT2D eigenvalue weighted by atomic mass is 9.83. The summed E-state index contributed by atoms with van der Waals surface area (Å²) >= 11 is 3.53. The third-order valence-corrected chi connectivity index (χ3v) is 4.48. The molecule has 0 aromatic heterocycles. The molecule has 19 heavy (non-hydrogen) atoms. The highest BCUT2D eigenvalue weighted by atomic mass is 79.9. The first kappa shape index (κ1) is 14.9. The minimum Gasteiger partial charge on any atom is -0.492 e. The largest absolute Gasteiger partial charge is 0.492 e. The van der Waals surface area contributed by atoms with Crippen LogP contribution in [0.3, 0.4) is 0 Å². The highest BCUT2D eigenvalue weighted by Gasteiger charge is 2.23. The zero-order valence-electron chi connectivity index (χ0n) is 11.6.